The highest BCUT2D eigenvalue weighted by atomic mass is 35.5. The highest BCUT2D eigenvalue weighted by Crippen LogP contribution is 2.27. The number of hydrogen-bond donors (Lipinski definition) is 4. The van der Waals surface area contributed by atoms with Crippen molar-refractivity contribution >= 4 is 52.0 Å². The standard InChI is InChI=1S/C24H29ClN10O2/c1-13-8-15-16(9-14(13)2)35(12-29-15)10-17(36)34-6-4-24(5-7-34)11-28-23(33-24)32-22(37)18-20(26)31-21(27-3)19(25)30-18/h8-9,12H,4-7,10-11H2,1-3H3,(H3,26,27,31)(H2,28,32,33,37). The Morgan fingerprint density at radius 1 is 1.19 bits per heavy atom. The fourth-order valence-electron chi connectivity index (χ4n) is 4.70. The van der Waals surface area contributed by atoms with Gasteiger partial charge in [-0.3, -0.25) is 19.9 Å². The maximum atomic E-state index is 13.1. The number of amides is 2. The maximum Gasteiger partial charge on any atom is 0.280 e. The molecule has 2 aliphatic rings. The van der Waals surface area contributed by atoms with Gasteiger partial charge in [0, 0.05) is 20.1 Å². The minimum absolute atomic E-state index is 0.0395. The van der Waals surface area contributed by atoms with E-state index in [9.17, 15) is 9.59 Å². The molecule has 1 saturated heterocycles. The first-order valence-electron chi connectivity index (χ1n) is 12.0. The lowest BCUT2D eigenvalue weighted by molar-refractivity contribution is -0.133. The van der Waals surface area contributed by atoms with Crippen molar-refractivity contribution in [2.45, 2.75) is 38.8 Å². The first-order chi connectivity index (χ1) is 17.7. The van der Waals surface area contributed by atoms with Crippen LogP contribution < -0.4 is 21.7 Å². The lowest BCUT2D eigenvalue weighted by Gasteiger charge is -2.39. The smallest absolute Gasteiger partial charge is 0.280 e. The molecular weight excluding hydrogens is 496 g/mol. The Morgan fingerprint density at radius 3 is 2.65 bits per heavy atom. The van der Waals surface area contributed by atoms with Gasteiger partial charge in [-0.25, -0.2) is 15.0 Å². The monoisotopic (exact) mass is 524 g/mol. The lowest BCUT2D eigenvalue weighted by atomic mass is 9.88. The molecule has 0 atom stereocenters. The molecular formula is C24H29ClN10O2. The number of benzene rings is 1. The van der Waals surface area contributed by atoms with Crippen molar-refractivity contribution in [3.05, 3.63) is 40.4 Å². The van der Waals surface area contributed by atoms with E-state index in [0.29, 0.717) is 44.3 Å². The van der Waals surface area contributed by atoms with Gasteiger partial charge in [0.2, 0.25) is 5.91 Å². The van der Waals surface area contributed by atoms with E-state index in [2.05, 4.69) is 55.8 Å². The lowest BCUT2D eigenvalue weighted by Crippen LogP contribution is -2.57. The van der Waals surface area contributed by atoms with E-state index in [-0.39, 0.29) is 34.7 Å². The molecule has 1 fully saturated rings. The summed E-state index contributed by atoms with van der Waals surface area (Å²) in [5.74, 6) is 0.0932. The molecule has 0 unspecified atom stereocenters. The first-order valence-corrected chi connectivity index (χ1v) is 12.4. The van der Waals surface area contributed by atoms with Crippen LogP contribution in [0.2, 0.25) is 5.15 Å². The van der Waals surface area contributed by atoms with Crippen LogP contribution in [0, 0.1) is 13.8 Å². The summed E-state index contributed by atoms with van der Waals surface area (Å²) in [6, 6.07) is 4.12. The topological polar surface area (TPSA) is 155 Å². The minimum atomic E-state index is -0.552. The van der Waals surface area contributed by atoms with Crippen LogP contribution in [0.3, 0.4) is 0 Å². The number of aliphatic imine (C=N–C) groups is 1. The highest BCUT2D eigenvalue weighted by molar-refractivity contribution is 6.32. The van der Waals surface area contributed by atoms with E-state index in [4.69, 9.17) is 17.3 Å². The highest BCUT2D eigenvalue weighted by Gasteiger charge is 2.40. The number of imidazole rings is 1. The zero-order valence-electron chi connectivity index (χ0n) is 20.9. The van der Waals surface area contributed by atoms with Gasteiger partial charge < -0.3 is 25.8 Å². The van der Waals surface area contributed by atoms with Crippen LogP contribution >= 0.6 is 11.6 Å². The SMILES string of the molecule is CNc1nc(N)c(C(=O)NC2=NCC3(CCN(C(=O)Cn4cnc5cc(C)c(C)cc54)CC3)N2)nc1Cl. The predicted octanol–water partition coefficient (Wildman–Crippen LogP) is 1.47. The Hall–Kier alpha value is -3.93. The van der Waals surface area contributed by atoms with Gasteiger partial charge in [0.1, 0.15) is 6.54 Å². The molecule has 0 saturated carbocycles. The normalized spacial score (nSPS) is 16.5. The van der Waals surface area contributed by atoms with Crippen molar-refractivity contribution in [1.82, 2.24) is 35.1 Å². The summed E-state index contributed by atoms with van der Waals surface area (Å²) < 4.78 is 1.91. The van der Waals surface area contributed by atoms with E-state index in [1.165, 1.54) is 11.1 Å². The minimum Gasteiger partial charge on any atom is -0.382 e. The van der Waals surface area contributed by atoms with Crippen LogP contribution in [0.1, 0.15) is 34.5 Å². The summed E-state index contributed by atoms with van der Waals surface area (Å²) in [7, 11) is 1.63. The van der Waals surface area contributed by atoms with E-state index in [1.54, 1.807) is 13.4 Å². The number of guanidine groups is 1. The van der Waals surface area contributed by atoms with Gasteiger partial charge in [-0.15, -0.1) is 0 Å². The number of piperidine rings is 1. The fourth-order valence-corrected chi connectivity index (χ4v) is 4.93. The second-order valence-electron chi connectivity index (χ2n) is 9.55. The Labute approximate surface area is 218 Å². The van der Waals surface area contributed by atoms with Crippen molar-refractivity contribution in [2.24, 2.45) is 4.99 Å². The van der Waals surface area contributed by atoms with E-state index in [1.807, 2.05) is 15.5 Å². The number of nitrogens with one attached hydrogen (secondary N) is 3. The molecule has 2 amide bonds. The van der Waals surface area contributed by atoms with Gasteiger partial charge in [0.25, 0.3) is 5.91 Å². The molecule has 3 aromatic rings. The van der Waals surface area contributed by atoms with Gasteiger partial charge in [0.15, 0.2) is 28.4 Å². The van der Waals surface area contributed by atoms with E-state index in [0.717, 1.165) is 11.0 Å². The third kappa shape index (κ3) is 4.76. The summed E-state index contributed by atoms with van der Waals surface area (Å²) in [4.78, 5) is 44.7. The Balaban J connectivity index is 1.17. The van der Waals surface area contributed by atoms with Crippen molar-refractivity contribution in [2.75, 3.05) is 37.7 Å². The second-order valence-corrected chi connectivity index (χ2v) is 9.91. The van der Waals surface area contributed by atoms with Gasteiger partial charge in [0.05, 0.1) is 29.4 Å². The van der Waals surface area contributed by atoms with Gasteiger partial charge in [-0.1, -0.05) is 11.6 Å². The molecule has 2 aromatic heterocycles. The number of halogens is 1. The molecule has 12 nitrogen and oxygen atoms in total. The van der Waals surface area contributed by atoms with Crippen LogP contribution in [-0.4, -0.2) is 74.4 Å². The molecule has 194 valence electrons. The summed E-state index contributed by atoms with van der Waals surface area (Å²) in [6.45, 7) is 6.04. The number of anilines is 2. The Kier molecular flexibility index (Phi) is 6.36. The average molecular weight is 525 g/mol. The maximum absolute atomic E-state index is 13.1. The Bertz CT molecular complexity index is 1420. The number of nitrogens with two attached hydrogens (primary N) is 1. The fraction of sp³-hybridized carbons (Fsp3) is 0.417. The van der Waals surface area contributed by atoms with Gasteiger partial charge in [-0.05, 0) is 49.9 Å². The number of likely N-dealkylation sites (tertiary alicyclic amines) is 1. The molecule has 4 heterocycles. The van der Waals surface area contributed by atoms with Crippen molar-refractivity contribution in [3.8, 4) is 0 Å². The number of rotatable bonds is 4. The van der Waals surface area contributed by atoms with E-state index < -0.39 is 5.91 Å². The summed E-state index contributed by atoms with van der Waals surface area (Å²) >= 11 is 6.05. The molecule has 1 aromatic carbocycles. The molecule has 1 spiro atoms. The third-order valence-electron chi connectivity index (χ3n) is 7.10. The number of aryl methyl sites for hydroxylation is 2. The molecule has 37 heavy (non-hydrogen) atoms. The summed E-state index contributed by atoms with van der Waals surface area (Å²) in [5.41, 5.74) is 9.69. The number of carbonyl (C=O) groups is 2. The summed E-state index contributed by atoms with van der Waals surface area (Å²) in [6.07, 6.45) is 3.13. The number of carbonyl (C=O) groups excluding carboxylic acids is 2. The molecule has 5 N–H and O–H groups in total. The molecule has 0 aliphatic carbocycles. The van der Waals surface area contributed by atoms with Crippen molar-refractivity contribution in [3.63, 3.8) is 0 Å². The predicted molar refractivity (Wildman–Crippen MR) is 142 cm³/mol. The number of hydrogen-bond acceptors (Lipinski definition) is 9. The van der Waals surface area contributed by atoms with Crippen LogP contribution in [-0.2, 0) is 11.3 Å². The largest absolute Gasteiger partial charge is 0.382 e. The molecule has 2 aliphatic heterocycles. The van der Waals surface area contributed by atoms with Crippen LogP contribution in [0.15, 0.2) is 23.5 Å². The second kappa shape index (κ2) is 9.51. The van der Waals surface area contributed by atoms with Crippen LogP contribution in [0.4, 0.5) is 11.6 Å². The van der Waals surface area contributed by atoms with Crippen LogP contribution in [0.25, 0.3) is 11.0 Å². The van der Waals surface area contributed by atoms with Gasteiger partial charge >= 0.3 is 0 Å². The molecule has 0 bridgehead atoms. The zero-order valence-corrected chi connectivity index (χ0v) is 21.7. The van der Waals surface area contributed by atoms with Crippen molar-refractivity contribution in [1.29, 1.82) is 0 Å². The Morgan fingerprint density at radius 2 is 1.92 bits per heavy atom. The molecule has 0 radical (unpaired) electrons. The average Bonchev–Trinajstić information content (AvgIpc) is 3.44. The van der Waals surface area contributed by atoms with Crippen molar-refractivity contribution < 1.29 is 9.59 Å². The quantitative estimate of drug-likeness (QED) is 0.400. The summed E-state index contributed by atoms with van der Waals surface area (Å²) in [5, 5.41) is 8.85. The third-order valence-corrected chi connectivity index (χ3v) is 7.37. The molecule has 5 rings (SSSR count). The van der Waals surface area contributed by atoms with Gasteiger partial charge in [-0.2, -0.15) is 0 Å². The first kappa shape index (κ1) is 24.8. The number of aromatic nitrogens is 4. The number of nitrogen functional groups attached to an aromatic ring is 1. The molecule has 13 heteroatoms. The zero-order chi connectivity index (χ0) is 26.3. The number of nitrogens with zero attached hydrogens (tertiary/aromatic N) is 6. The van der Waals surface area contributed by atoms with E-state index >= 15 is 0 Å². The van der Waals surface area contributed by atoms with Crippen LogP contribution in [0.5, 0.6) is 0 Å². The number of fused-ring (bicyclic) bond motifs is 1.